The third kappa shape index (κ3) is 4.72. The van der Waals surface area contributed by atoms with Crippen LogP contribution in [0.15, 0.2) is 24.3 Å². The van der Waals surface area contributed by atoms with Gasteiger partial charge in [0.1, 0.15) is 0 Å². The molecule has 0 unspecified atom stereocenters. The van der Waals surface area contributed by atoms with E-state index >= 15 is 0 Å². The van der Waals surface area contributed by atoms with Crippen molar-refractivity contribution in [2.75, 3.05) is 6.54 Å². The molecular weight excluding hydrogens is 304 g/mol. The number of alkyl halides is 2. The van der Waals surface area contributed by atoms with Crippen LogP contribution in [0.25, 0.3) is 0 Å². The normalized spacial score (nSPS) is 20.5. The van der Waals surface area contributed by atoms with Gasteiger partial charge in [-0.3, -0.25) is 9.59 Å². The van der Waals surface area contributed by atoms with E-state index in [4.69, 9.17) is 5.73 Å². The van der Waals surface area contributed by atoms with Crippen LogP contribution in [0, 0.1) is 5.92 Å². The minimum absolute atomic E-state index is 0.0522. The Bertz CT molecular complexity index is 549. The molecule has 2 rings (SSSR count). The van der Waals surface area contributed by atoms with Crippen LogP contribution in [-0.2, 0) is 16.1 Å². The van der Waals surface area contributed by atoms with Gasteiger partial charge in [0, 0.05) is 18.2 Å². The molecule has 2 amide bonds. The second kappa shape index (κ2) is 8.01. The molecule has 1 fully saturated rings. The molecule has 0 radical (unpaired) electrons. The quantitative estimate of drug-likeness (QED) is 0.717. The van der Waals surface area contributed by atoms with Crippen molar-refractivity contribution in [3.8, 4) is 0 Å². The SMILES string of the molecule is NC[C@H]1CCC[C@@H]1NC(=O)C(=O)NCc1ccc(C(F)F)cc1. The summed E-state index contributed by atoms with van der Waals surface area (Å²) in [5, 5.41) is 5.19. The molecule has 0 aromatic heterocycles. The van der Waals surface area contributed by atoms with Crippen LogP contribution in [-0.4, -0.2) is 24.4 Å². The van der Waals surface area contributed by atoms with Gasteiger partial charge in [-0.15, -0.1) is 0 Å². The van der Waals surface area contributed by atoms with Crippen LogP contribution >= 0.6 is 0 Å². The Morgan fingerprint density at radius 2 is 1.87 bits per heavy atom. The van der Waals surface area contributed by atoms with Gasteiger partial charge in [-0.05, 0) is 30.9 Å². The number of rotatable bonds is 5. The molecule has 1 aromatic rings. The van der Waals surface area contributed by atoms with E-state index < -0.39 is 18.2 Å². The highest BCUT2D eigenvalue weighted by Gasteiger charge is 2.29. The topological polar surface area (TPSA) is 84.2 Å². The average Bonchev–Trinajstić information content (AvgIpc) is 3.00. The number of nitrogens with two attached hydrogens (primary N) is 1. The summed E-state index contributed by atoms with van der Waals surface area (Å²) in [4.78, 5) is 23.7. The van der Waals surface area contributed by atoms with Crippen LogP contribution in [0.1, 0.15) is 36.8 Å². The zero-order valence-corrected chi connectivity index (χ0v) is 12.7. The van der Waals surface area contributed by atoms with Gasteiger partial charge in [0.15, 0.2) is 0 Å². The highest BCUT2D eigenvalue weighted by molar-refractivity contribution is 6.35. The van der Waals surface area contributed by atoms with E-state index in [1.54, 1.807) is 0 Å². The molecule has 2 atom stereocenters. The summed E-state index contributed by atoms with van der Waals surface area (Å²) in [5.41, 5.74) is 6.21. The molecule has 1 saturated carbocycles. The molecule has 0 aliphatic heterocycles. The number of nitrogens with one attached hydrogen (secondary N) is 2. The predicted octanol–water partition coefficient (Wildman–Crippen LogP) is 1.48. The highest BCUT2D eigenvalue weighted by atomic mass is 19.3. The monoisotopic (exact) mass is 325 g/mol. The van der Waals surface area contributed by atoms with Crippen molar-refractivity contribution in [2.24, 2.45) is 11.7 Å². The number of hydrogen-bond acceptors (Lipinski definition) is 3. The maximum absolute atomic E-state index is 12.4. The fraction of sp³-hybridized carbons (Fsp3) is 0.500. The number of benzene rings is 1. The molecule has 7 heteroatoms. The van der Waals surface area contributed by atoms with Crippen LogP contribution < -0.4 is 16.4 Å². The molecule has 0 heterocycles. The molecule has 1 aliphatic rings. The van der Waals surface area contributed by atoms with Gasteiger partial charge >= 0.3 is 11.8 Å². The lowest BCUT2D eigenvalue weighted by atomic mass is 10.0. The van der Waals surface area contributed by atoms with Crippen LogP contribution in [0.4, 0.5) is 8.78 Å². The zero-order valence-electron chi connectivity index (χ0n) is 12.7. The Morgan fingerprint density at radius 1 is 1.17 bits per heavy atom. The van der Waals surface area contributed by atoms with Crippen LogP contribution in [0.2, 0.25) is 0 Å². The molecule has 0 spiro atoms. The maximum Gasteiger partial charge on any atom is 0.309 e. The van der Waals surface area contributed by atoms with Crippen molar-refractivity contribution in [3.63, 3.8) is 0 Å². The number of hydrogen-bond donors (Lipinski definition) is 3. The van der Waals surface area contributed by atoms with Gasteiger partial charge < -0.3 is 16.4 Å². The Balaban J connectivity index is 1.80. The summed E-state index contributed by atoms with van der Waals surface area (Å²) in [7, 11) is 0. The average molecular weight is 325 g/mol. The van der Waals surface area contributed by atoms with Gasteiger partial charge in [0.25, 0.3) is 6.43 Å². The molecule has 4 N–H and O–H groups in total. The van der Waals surface area contributed by atoms with Gasteiger partial charge in [-0.25, -0.2) is 8.78 Å². The molecule has 0 bridgehead atoms. The first-order chi connectivity index (χ1) is 11.0. The van der Waals surface area contributed by atoms with E-state index in [-0.39, 0.29) is 24.1 Å². The van der Waals surface area contributed by atoms with E-state index in [1.165, 1.54) is 24.3 Å². The number of amides is 2. The summed E-state index contributed by atoms with van der Waals surface area (Å²) in [6.07, 6.45) is 0.256. The van der Waals surface area contributed by atoms with Crippen molar-refractivity contribution in [1.29, 1.82) is 0 Å². The molecular formula is C16H21F2N3O2. The first-order valence-corrected chi connectivity index (χ1v) is 7.67. The summed E-state index contributed by atoms with van der Waals surface area (Å²) in [5.74, 6) is -1.20. The molecule has 1 aromatic carbocycles. The molecule has 0 saturated heterocycles. The zero-order chi connectivity index (χ0) is 16.8. The van der Waals surface area contributed by atoms with E-state index in [2.05, 4.69) is 10.6 Å². The van der Waals surface area contributed by atoms with Gasteiger partial charge in [0.05, 0.1) is 0 Å². The molecule has 1 aliphatic carbocycles. The van der Waals surface area contributed by atoms with E-state index in [0.29, 0.717) is 12.1 Å². The predicted molar refractivity (Wildman–Crippen MR) is 81.6 cm³/mol. The van der Waals surface area contributed by atoms with Crippen molar-refractivity contribution in [1.82, 2.24) is 10.6 Å². The Labute approximate surface area is 133 Å². The third-order valence-electron chi connectivity index (χ3n) is 4.17. The fourth-order valence-corrected chi connectivity index (χ4v) is 2.79. The summed E-state index contributed by atoms with van der Waals surface area (Å²) >= 11 is 0. The second-order valence-electron chi connectivity index (χ2n) is 5.73. The largest absolute Gasteiger partial charge is 0.345 e. The minimum Gasteiger partial charge on any atom is -0.345 e. The van der Waals surface area contributed by atoms with E-state index in [0.717, 1.165) is 19.3 Å². The van der Waals surface area contributed by atoms with Crippen LogP contribution in [0.5, 0.6) is 0 Å². The van der Waals surface area contributed by atoms with Crippen LogP contribution in [0.3, 0.4) is 0 Å². The highest BCUT2D eigenvalue weighted by Crippen LogP contribution is 2.24. The first kappa shape index (κ1) is 17.3. The lowest BCUT2D eigenvalue weighted by molar-refractivity contribution is -0.139. The van der Waals surface area contributed by atoms with E-state index in [9.17, 15) is 18.4 Å². The van der Waals surface area contributed by atoms with Gasteiger partial charge in [0.2, 0.25) is 0 Å². The van der Waals surface area contributed by atoms with Crippen molar-refractivity contribution >= 4 is 11.8 Å². The number of carbonyl (C=O) groups excluding carboxylic acids is 2. The summed E-state index contributed by atoms with van der Waals surface area (Å²) in [6, 6.07) is 5.55. The Kier molecular flexibility index (Phi) is 6.04. The lowest BCUT2D eigenvalue weighted by Gasteiger charge is -2.19. The smallest absolute Gasteiger partial charge is 0.309 e. The van der Waals surface area contributed by atoms with Crippen molar-refractivity contribution in [3.05, 3.63) is 35.4 Å². The second-order valence-corrected chi connectivity index (χ2v) is 5.73. The molecule has 126 valence electrons. The van der Waals surface area contributed by atoms with Crippen molar-refractivity contribution in [2.45, 2.75) is 38.3 Å². The molecule has 23 heavy (non-hydrogen) atoms. The Morgan fingerprint density at radius 3 is 2.48 bits per heavy atom. The summed E-state index contributed by atoms with van der Waals surface area (Å²) in [6.45, 7) is 0.601. The third-order valence-corrected chi connectivity index (χ3v) is 4.17. The van der Waals surface area contributed by atoms with E-state index in [1.807, 2.05) is 0 Å². The number of halogens is 2. The molecule has 5 nitrogen and oxygen atoms in total. The first-order valence-electron chi connectivity index (χ1n) is 7.67. The minimum atomic E-state index is -2.52. The Hall–Kier alpha value is -2.02. The van der Waals surface area contributed by atoms with Gasteiger partial charge in [-0.1, -0.05) is 30.7 Å². The summed E-state index contributed by atoms with van der Waals surface area (Å²) < 4.78 is 24.9. The van der Waals surface area contributed by atoms with Gasteiger partial charge in [-0.2, -0.15) is 0 Å². The lowest BCUT2D eigenvalue weighted by Crippen LogP contribution is -2.46. The van der Waals surface area contributed by atoms with Crippen molar-refractivity contribution < 1.29 is 18.4 Å². The number of carbonyl (C=O) groups is 2. The standard InChI is InChI=1S/C16H21F2N3O2/c17-14(18)11-6-4-10(5-7-11)9-20-15(22)16(23)21-13-3-1-2-12(13)8-19/h4-7,12-14H,1-3,8-9,19H2,(H,20,22)(H,21,23)/t12-,13+/m1/s1. The fourth-order valence-electron chi connectivity index (χ4n) is 2.79. The maximum atomic E-state index is 12.4.